The molecule has 1 aromatic heterocycles. The van der Waals surface area contributed by atoms with Crippen molar-refractivity contribution in [3.8, 4) is 0 Å². The highest BCUT2D eigenvalue weighted by molar-refractivity contribution is 6.10. The van der Waals surface area contributed by atoms with Gasteiger partial charge in [0.15, 0.2) is 5.78 Å². The SMILES string of the molecule is CCOC(=O)c1c(C)oc(NC(=O)CCCC(=O)c2ccccc2)c1C(N)=O. The fourth-order valence-corrected chi connectivity index (χ4v) is 2.68. The van der Waals surface area contributed by atoms with Crippen molar-refractivity contribution in [2.75, 3.05) is 11.9 Å². The number of hydrogen-bond acceptors (Lipinski definition) is 6. The van der Waals surface area contributed by atoms with Gasteiger partial charge in [-0.15, -0.1) is 0 Å². The molecule has 0 saturated heterocycles. The van der Waals surface area contributed by atoms with Crippen molar-refractivity contribution < 1.29 is 28.3 Å². The Hall–Kier alpha value is -3.42. The standard InChI is InChI=1S/C20H22N2O6/c1-3-27-20(26)16-12(2)28-19(17(16)18(21)25)22-15(24)11-7-10-14(23)13-8-5-4-6-9-13/h4-6,8-9H,3,7,10-11H2,1-2H3,(H2,21,25)(H,22,24). The fraction of sp³-hybridized carbons (Fsp3) is 0.300. The van der Waals surface area contributed by atoms with Crippen molar-refractivity contribution in [2.45, 2.75) is 33.1 Å². The molecule has 2 aromatic rings. The van der Waals surface area contributed by atoms with Crippen LogP contribution >= 0.6 is 0 Å². The molecule has 0 aliphatic carbocycles. The van der Waals surface area contributed by atoms with Crippen LogP contribution in [0.3, 0.4) is 0 Å². The van der Waals surface area contributed by atoms with Crippen LogP contribution in [0.15, 0.2) is 34.7 Å². The van der Waals surface area contributed by atoms with Crippen LogP contribution in [0.25, 0.3) is 0 Å². The van der Waals surface area contributed by atoms with E-state index in [4.69, 9.17) is 14.9 Å². The minimum atomic E-state index is -0.922. The summed E-state index contributed by atoms with van der Waals surface area (Å²) in [7, 11) is 0. The molecule has 148 valence electrons. The van der Waals surface area contributed by atoms with E-state index >= 15 is 0 Å². The molecule has 0 atom stereocenters. The molecule has 1 aromatic carbocycles. The molecule has 1 heterocycles. The Labute approximate surface area is 162 Å². The third kappa shape index (κ3) is 5.06. The Morgan fingerprint density at radius 1 is 1.07 bits per heavy atom. The van der Waals surface area contributed by atoms with Crippen LogP contribution in [0, 0.1) is 6.92 Å². The van der Waals surface area contributed by atoms with Gasteiger partial charge in [-0.1, -0.05) is 30.3 Å². The van der Waals surface area contributed by atoms with E-state index in [0.717, 1.165) is 0 Å². The number of ether oxygens (including phenoxy) is 1. The van der Waals surface area contributed by atoms with Crippen LogP contribution < -0.4 is 11.1 Å². The predicted octanol–water partition coefficient (Wildman–Crippen LogP) is 2.86. The number of ketones is 1. The monoisotopic (exact) mass is 386 g/mol. The second-order valence-corrected chi connectivity index (χ2v) is 6.01. The van der Waals surface area contributed by atoms with E-state index in [0.29, 0.717) is 12.0 Å². The van der Waals surface area contributed by atoms with Crippen molar-refractivity contribution in [3.05, 3.63) is 52.8 Å². The number of aryl methyl sites for hydroxylation is 1. The lowest BCUT2D eigenvalue weighted by molar-refractivity contribution is -0.116. The van der Waals surface area contributed by atoms with Gasteiger partial charge >= 0.3 is 5.97 Å². The number of benzene rings is 1. The normalized spacial score (nSPS) is 10.4. The van der Waals surface area contributed by atoms with Gasteiger partial charge in [-0.2, -0.15) is 0 Å². The highest BCUT2D eigenvalue weighted by Crippen LogP contribution is 2.27. The zero-order valence-corrected chi connectivity index (χ0v) is 15.7. The van der Waals surface area contributed by atoms with Crippen LogP contribution in [0.1, 0.15) is 63.0 Å². The maximum atomic E-state index is 12.2. The first-order valence-corrected chi connectivity index (χ1v) is 8.83. The summed E-state index contributed by atoms with van der Waals surface area (Å²) in [6, 6.07) is 8.78. The second-order valence-electron chi connectivity index (χ2n) is 6.01. The van der Waals surface area contributed by atoms with Crippen LogP contribution in [0.2, 0.25) is 0 Å². The van der Waals surface area contributed by atoms with Gasteiger partial charge in [-0.25, -0.2) is 4.79 Å². The minimum Gasteiger partial charge on any atom is -0.462 e. The Morgan fingerprint density at radius 3 is 2.36 bits per heavy atom. The van der Waals surface area contributed by atoms with Crippen molar-refractivity contribution in [1.82, 2.24) is 0 Å². The molecule has 28 heavy (non-hydrogen) atoms. The zero-order chi connectivity index (χ0) is 20.7. The number of furan rings is 1. The molecule has 0 saturated carbocycles. The van der Waals surface area contributed by atoms with Crippen molar-refractivity contribution >= 4 is 29.5 Å². The Balaban J connectivity index is 2.01. The first-order valence-electron chi connectivity index (χ1n) is 8.83. The van der Waals surface area contributed by atoms with E-state index in [1.807, 2.05) is 6.07 Å². The van der Waals surface area contributed by atoms with Gasteiger partial charge in [0.05, 0.1) is 6.61 Å². The summed E-state index contributed by atoms with van der Waals surface area (Å²) in [5.74, 6) is -2.30. The highest BCUT2D eigenvalue weighted by atomic mass is 16.5. The molecule has 0 fully saturated rings. The minimum absolute atomic E-state index is 0.0330. The zero-order valence-electron chi connectivity index (χ0n) is 15.7. The van der Waals surface area contributed by atoms with Gasteiger partial charge in [0, 0.05) is 18.4 Å². The van der Waals surface area contributed by atoms with E-state index in [2.05, 4.69) is 5.32 Å². The van der Waals surface area contributed by atoms with Crippen LogP contribution in [-0.4, -0.2) is 30.2 Å². The summed E-state index contributed by atoms with van der Waals surface area (Å²) in [5.41, 5.74) is 5.58. The number of carbonyl (C=O) groups excluding carboxylic acids is 4. The van der Waals surface area contributed by atoms with Crippen LogP contribution in [-0.2, 0) is 9.53 Å². The number of hydrogen-bond donors (Lipinski definition) is 2. The van der Waals surface area contributed by atoms with Gasteiger partial charge in [0.1, 0.15) is 16.9 Å². The van der Waals surface area contributed by atoms with Gasteiger partial charge in [-0.05, 0) is 20.3 Å². The van der Waals surface area contributed by atoms with E-state index in [1.54, 1.807) is 31.2 Å². The molecule has 2 rings (SSSR count). The summed E-state index contributed by atoms with van der Waals surface area (Å²) in [6.45, 7) is 3.20. The van der Waals surface area contributed by atoms with E-state index in [9.17, 15) is 19.2 Å². The highest BCUT2D eigenvalue weighted by Gasteiger charge is 2.29. The molecule has 0 aliphatic rings. The number of carbonyl (C=O) groups is 4. The molecule has 0 radical (unpaired) electrons. The molecule has 3 N–H and O–H groups in total. The number of anilines is 1. The average molecular weight is 386 g/mol. The van der Waals surface area contributed by atoms with Crippen LogP contribution in [0.4, 0.5) is 5.88 Å². The van der Waals surface area contributed by atoms with Crippen molar-refractivity contribution in [2.24, 2.45) is 5.73 Å². The topological polar surface area (TPSA) is 129 Å². The first-order chi connectivity index (χ1) is 13.3. The van der Waals surface area contributed by atoms with Gasteiger partial charge in [0.25, 0.3) is 5.91 Å². The quantitative estimate of drug-likeness (QED) is 0.504. The molecule has 0 aliphatic heterocycles. The van der Waals surface area contributed by atoms with Crippen LogP contribution in [0.5, 0.6) is 0 Å². The number of amides is 2. The first kappa shape index (κ1) is 20.9. The second kappa shape index (κ2) is 9.50. The number of esters is 1. The maximum absolute atomic E-state index is 12.2. The molecule has 0 spiro atoms. The Kier molecular flexibility index (Phi) is 7.08. The predicted molar refractivity (Wildman–Crippen MR) is 101 cm³/mol. The summed E-state index contributed by atoms with van der Waals surface area (Å²) >= 11 is 0. The molecular formula is C20H22N2O6. The number of nitrogens with one attached hydrogen (secondary N) is 1. The maximum Gasteiger partial charge on any atom is 0.342 e. The average Bonchev–Trinajstić information content (AvgIpc) is 2.98. The lowest BCUT2D eigenvalue weighted by Crippen LogP contribution is -2.20. The van der Waals surface area contributed by atoms with Gasteiger partial charge in [0.2, 0.25) is 11.8 Å². The smallest absolute Gasteiger partial charge is 0.342 e. The molecule has 0 bridgehead atoms. The summed E-state index contributed by atoms with van der Waals surface area (Å²) in [5, 5.41) is 2.44. The molecule has 8 nitrogen and oxygen atoms in total. The Bertz CT molecular complexity index is 886. The van der Waals surface area contributed by atoms with E-state index in [-0.39, 0.29) is 48.0 Å². The lowest BCUT2D eigenvalue weighted by atomic mass is 10.1. The third-order valence-electron chi connectivity index (χ3n) is 3.97. The van der Waals surface area contributed by atoms with E-state index in [1.165, 1.54) is 6.92 Å². The summed E-state index contributed by atoms with van der Waals surface area (Å²) < 4.78 is 10.2. The van der Waals surface area contributed by atoms with Crippen molar-refractivity contribution in [3.63, 3.8) is 0 Å². The van der Waals surface area contributed by atoms with Gasteiger partial charge < -0.3 is 14.9 Å². The number of primary amides is 1. The summed E-state index contributed by atoms with van der Waals surface area (Å²) in [4.78, 5) is 48.0. The lowest BCUT2D eigenvalue weighted by Gasteiger charge is -2.05. The summed E-state index contributed by atoms with van der Waals surface area (Å²) in [6.07, 6.45) is 0.548. The largest absolute Gasteiger partial charge is 0.462 e. The third-order valence-corrected chi connectivity index (χ3v) is 3.97. The van der Waals surface area contributed by atoms with Gasteiger partial charge in [-0.3, -0.25) is 19.7 Å². The molecule has 8 heteroatoms. The number of nitrogens with two attached hydrogens (primary N) is 1. The molecule has 0 unspecified atom stereocenters. The molecule has 2 amide bonds. The van der Waals surface area contributed by atoms with E-state index < -0.39 is 17.8 Å². The van der Waals surface area contributed by atoms with Crippen molar-refractivity contribution in [1.29, 1.82) is 0 Å². The Morgan fingerprint density at radius 2 is 1.75 bits per heavy atom. The fourth-order valence-electron chi connectivity index (χ4n) is 2.68. The number of rotatable bonds is 9. The number of Topliss-reactive ketones (excluding diaryl/α,β-unsaturated/α-hetero) is 1. The molecular weight excluding hydrogens is 364 g/mol.